The van der Waals surface area contributed by atoms with Crippen molar-refractivity contribution in [1.29, 1.82) is 0 Å². The molecule has 3 aromatic rings. The molecule has 1 aliphatic rings. The molecule has 1 fully saturated rings. The first-order valence-corrected chi connectivity index (χ1v) is 11.7. The molecule has 0 bridgehead atoms. The van der Waals surface area contributed by atoms with Crippen LogP contribution in [0.4, 0.5) is 0 Å². The second-order valence-electron chi connectivity index (χ2n) is 8.29. The zero-order valence-electron chi connectivity index (χ0n) is 19.6. The molecule has 0 radical (unpaired) electrons. The minimum Gasteiger partial charge on any atom is -0.496 e. The van der Waals surface area contributed by atoms with Gasteiger partial charge in [-0.2, -0.15) is 0 Å². The van der Waals surface area contributed by atoms with Crippen molar-refractivity contribution in [1.82, 2.24) is 4.90 Å². The van der Waals surface area contributed by atoms with Crippen molar-refractivity contribution in [2.75, 3.05) is 20.3 Å². The highest BCUT2D eigenvalue weighted by molar-refractivity contribution is 5.74. The van der Waals surface area contributed by atoms with Crippen LogP contribution in [0.15, 0.2) is 72.8 Å². The van der Waals surface area contributed by atoms with Gasteiger partial charge in [0.05, 0.1) is 19.8 Å². The van der Waals surface area contributed by atoms with Crippen molar-refractivity contribution in [3.8, 4) is 17.2 Å². The lowest BCUT2D eigenvalue weighted by Gasteiger charge is -2.33. The first-order chi connectivity index (χ1) is 16.6. The first-order valence-electron chi connectivity index (χ1n) is 11.7. The number of para-hydroxylation sites is 1. The van der Waals surface area contributed by atoms with Gasteiger partial charge in [0, 0.05) is 12.1 Å². The van der Waals surface area contributed by atoms with Crippen LogP contribution in [0.5, 0.6) is 17.2 Å². The van der Waals surface area contributed by atoms with E-state index in [1.807, 2.05) is 79.7 Å². The molecule has 6 heteroatoms. The number of aliphatic carboxylic acids is 1. The van der Waals surface area contributed by atoms with Gasteiger partial charge in [-0.1, -0.05) is 54.6 Å². The summed E-state index contributed by atoms with van der Waals surface area (Å²) in [6, 6.07) is 22.8. The average molecular weight is 462 g/mol. The smallest absolute Gasteiger partial charge is 0.320 e. The zero-order chi connectivity index (χ0) is 23.9. The van der Waals surface area contributed by atoms with E-state index in [2.05, 4.69) is 4.90 Å². The lowest BCUT2D eigenvalue weighted by Crippen LogP contribution is -2.39. The van der Waals surface area contributed by atoms with E-state index in [1.165, 1.54) is 0 Å². The van der Waals surface area contributed by atoms with Crippen LogP contribution in [0, 0.1) is 0 Å². The molecule has 3 aromatic carbocycles. The normalized spacial score (nSPS) is 16.7. The third-order valence-electron chi connectivity index (χ3n) is 6.16. The van der Waals surface area contributed by atoms with Crippen LogP contribution >= 0.6 is 0 Å². The Hall–Kier alpha value is -3.51. The van der Waals surface area contributed by atoms with Gasteiger partial charge in [0.1, 0.15) is 18.4 Å². The van der Waals surface area contributed by atoms with E-state index in [9.17, 15) is 9.90 Å². The van der Waals surface area contributed by atoms with E-state index in [1.54, 1.807) is 7.11 Å². The summed E-state index contributed by atoms with van der Waals surface area (Å²) in [5.41, 5.74) is 2.94. The Morgan fingerprint density at radius 1 is 1.00 bits per heavy atom. The zero-order valence-corrected chi connectivity index (χ0v) is 19.6. The Labute approximate surface area is 200 Å². The van der Waals surface area contributed by atoms with Gasteiger partial charge >= 0.3 is 5.97 Å². The maximum Gasteiger partial charge on any atom is 0.320 e. The van der Waals surface area contributed by atoms with Crippen LogP contribution in [-0.4, -0.2) is 42.3 Å². The van der Waals surface area contributed by atoms with Gasteiger partial charge in [0.25, 0.3) is 0 Å². The summed E-state index contributed by atoms with van der Waals surface area (Å²) in [6.45, 7) is 3.55. The Bertz CT molecular complexity index is 1100. The molecular formula is C28H31NO5. The number of rotatable bonds is 10. The van der Waals surface area contributed by atoms with E-state index in [0.717, 1.165) is 28.9 Å². The maximum atomic E-state index is 12.1. The third-order valence-corrected chi connectivity index (χ3v) is 6.16. The molecule has 0 aliphatic carbocycles. The van der Waals surface area contributed by atoms with Crippen LogP contribution < -0.4 is 14.2 Å². The molecule has 1 aliphatic heterocycles. The van der Waals surface area contributed by atoms with Crippen molar-refractivity contribution in [2.45, 2.75) is 38.5 Å². The monoisotopic (exact) mass is 461 g/mol. The molecule has 1 saturated heterocycles. The van der Waals surface area contributed by atoms with E-state index in [4.69, 9.17) is 14.2 Å². The molecule has 4 rings (SSSR count). The van der Waals surface area contributed by atoms with Gasteiger partial charge in [-0.3, -0.25) is 9.69 Å². The maximum absolute atomic E-state index is 12.1. The average Bonchev–Trinajstić information content (AvgIpc) is 3.35. The van der Waals surface area contributed by atoms with Gasteiger partial charge in [-0.15, -0.1) is 0 Å². The highest BCUT2D eigenvalue weighted by atomic mass is 16.5. The Kier molecular flexibility index (Phi) is 7.70. The van der Waals surface area contributed by atoms with Crippen LogP contribution in [0.1, 0.15) is 42.5 Å². The number of hydrogen-bond donors (Lipinski definition) is 1. The first kappa shape index (κ1) is 23.6. The highest BCUT2D eigenvalue weighted by Crippen LogP contribution is 2.41. The number of methoxy groups -OCH3 is 1. The summed E-state index contributed by atoms with van der Waals surface area (Å²) in [4.78, 5) is 14.1. The van der Waals surface area contributed by atoms with Gasteiger partial charge in [0.15, 0.2) is 11.5 Å². The molecule has 2 atom stereocenters. The molecule has 6 nitrogen and oxygen atoms in total. The molecule has 0 saturated carbocycles. The molecular weight excluding hydrogens is 430 g/mol. The second-order valence-corrected chi connectivity index (χ2v) is 8.29. The molecule has 178 valence electrons. The quantitative estimate of drug-likeness (QED) is 0.441. The van der Waals surface area contributed by atoms with Crippen molar-refractivity contribution >= 4 is 5.97 Å². The van der Waals surface area contributed by atoms with Crippen molar-refractivity contribution < 1.29 is 24.1 Å². The number of carbonyl (C=O) groups is 1. The fourth-order valence-corrected chi connectivity index (χ4v) is 4.62. The Morgan fingerprint density at radius 3 is 2.50 bits per heavy atom. The van der Waals surface area contributed by atoms with Gasteiger partial charge in [0.2, 0.25) is 0 Å². The fourth-order valence-electron chi connectivity index (χ4n) is 4.62. The summed E-state index contributed by atoms with van der Waals surface area (Å²) in [5.74, 6) is 1.22. The molecule has 1 N–H and O–H groups in total. The number of benzene rings is 3. The summed E-state index contributed by atoms with van der Waals surface area (Å²) >= 11 is 0. The topological polar surface area (TPSA) is 68.2 Å². The minimum atomic E-state index is -0.801. The summed E-state index contributed by atoms with van der Waals surface area (Å²) < 4.78 is 17.7. The fraction of sp³-hybridized carbons (Fsp3) is 0.321. The number of carboxylic acids is 1. The predicted molar refractivity (Wildman–Crippen MR) is 131 cm³/mol. The molecule has 0 aromatic heterocycles. The van der Waals surface area contributed by atoms with Crippen LogP contribution in [0.2, 0.25) is 0 Å². The SMILES string of the molecule is CCOc1cc(C(c2ccccc2OC)N2CCCC2C(=O)O)ccc1OCc1ccccc1. The van der Waals surface area contributed by atoms with E-state index < -0.39 is 12.0 Å². The Balaban J connectivity index is 1.73. The number of ether oxygens (including phenoxy) is 3. The Morgan fingerprint density at radius 2 is 1.76 bits per heavy atom. The van der Waals surface area contributed by atoms with Crippen LogP contribution in [-0.2, 0) is 11.4 Å². The number of nitrogens with zero attached hydrogens (tertiary/aromatic N) is 1. The lowest BCUT2D eigenvalue weighted by molar-refractivity contribution is -0.142. The van der Waals surface area contributed by atoms with Crippen molar-refractivity contribution in [3.63, 3.8) is 0 Å². The van der Waals surface area contributed by atoms with Gasteiger partial charge in [-0.25, -0.2) is 0 Å². The highest BCUT2D eigenvalue weighted by Gasteiger charge is 2.38. The number of carboxylic acid groups (broad SMARTS) is 1. The molecule has 0 amide bonds. The van der Waals surface area contributed by atoms with Gasteiger partial charge in [-0.05, 0) is 49.1 Å². The predicted octanol–water partition coefficient (Wildman–Crippen LogP) is 5.31. The summed E-state index contributed by atoms with van der Waals surface area (Å²) in [5, 5.41) is 9.90. The van der Waals surface area contributed by atoms with E-state index in [-0.39, 0.29) is 6.04 Å². The second kappa shape index (κ2) is 11.1. The van der Waals surface area contributed by atoms with Gasteiger partial charge < -0.3 is 19.3 Å². The third kappa shape index (κ3) is 5.18. The number of likely N-dealkylation sites (tertiary alicyclic amines) is 1. The molecule has 2 unspecified atom stereocenters. The van der Waals surface area contributed by atoms with E-state index in [0.29, 0.717) is 37.7 Å². The van der Waals surface area contributed by atoms with Crippen molar-refractivity contribution in [2.24, 2.45) is 0 Å². The molecule has 0 spiro atoms. The minimum absolute atomic E-state index is 0.290. The van der Waals surface area contributed by atoms with Crippen molar-refractivity contribution in [3.05, 3.63) is 89.5 Å². The standard InChI is InChI=1S/C28H31NO5/c1-3-33-26-18-21(15-16-25(26)34-19-20-10-5-4-6-11-20)27(22-12-7-8-14-24(22)32-2)29-17-9-13-23(29)28(30)31/h4-8,10-12,14-16,18,23,27H,3,9,13,17,19H2,1-2H3,(H,30,31). The lowest BCUT2D eigenvalue weighted by atomic mass is 9.95. The molecule has 1 heterocycles. The van der Waals surface area contributed by atoms with E-state index >= 15 is 0 Å². The van der Waals surface area contributed by atoms with Crippen LogP contribution in [0.25, 0.3) is 0 Å². The van der Waals surface area contributed by atoms with Crippen LogP contribution in [0.3, 0.4) is 0 Å². The number of hydrogen-bond acceptors (Lipinski definition) is 5. The summed E-state index contributed by atoms with van der Waals surface area (Å²) in [6.07, 6.45) is 1.46. The summed E-state index contributed by atoms with van der Waals surface area (Å²) in [7, 11) is 1.64. The molecule has 34 heavy (non-hydrogen) atoms. The largest absolute Gasteiger partial charge is 0.496 e.